The second-order valence-corrected chi connectivity index (χ2v) is 4.35. The first-order chi connectivity index (χ1) is 9.04. The summed E-state index contributed by atoms with van der Waals surface area (Å²) in [5.74, 6) is 2.16. The van der Waals surface area contributed by atoms with E-state index in [1.807, 2.05) is 13.8 Å². The zero-order valence-corrected chi connectivity index (χ0v) is 11.2. The lowest BCUT2D eigenvalue weighted by Gasteiger charge is -2.12. The molecule has 0 atom stereocenters. The largest absolute Gasteiger partial charge is 0.473 e. The number of pyridine rings is 1. The van der Waals surface area contributed by atoms with Gasteiger partial charge in [-0.1, -0.05) is 5.16 Å². The molecular weight excluding hydrogens is 246 g/mol. The summed E-state index contributed by atoms with van der Waals surface area (Å²) in [5.41, 5.74) is 6.30. The van der Waals surface area contributed by atoms with Gasteiger partial charge in [0.05, 0.1) is 18.3 Å². The predicted molar refractivity (Wildman–Crippen MR) is 70.8 cm³/mol. The molecule has 7 nitrogen and oxygen atoms in total. The predicted octanol–water partition coefficient (Wildman–Crippen LogP) is 1.75. The zero-order valence-electron chi connectivity index (χ0n) is 11.2. The zero-order chi connectivity index (χ0) is 13.8. The van der Waals surface area contributed by atoms with Crippen molar-refractivity contribution >= 4 is 11.5 Å². The van der Waals surface area contributed by atoms with Gasteiger partial charge in [-0.25, -0.2) is 0 Å². The molecule has 0 radical (unpaired) electrons. The van der Waals surface area contributed by atoms with Gasteiger partial charge in [-0.3, -0.25) is 0 Å². The molecular formula is C12H17N5O2. The van der Waals surface area contributed by atoms with Crippen LogP contribution in [0.4, 0.5) is 11.5 Å². The number of rotatable bonds is 5. The molecule has 0 bridgehead atoms. The number of nitrogen functional groups attached to an aromatic ring is 1. The average Bonchev–Trinajstić information content (AvgIpc) is 2.75. The van der Waals surface area contributed by atoms with Crippen molar-refractivity contribution in [2.24, 2.45) is 0 Å². The summed E-state index contributed by atoms with van der Waals surface area (Å²) in [5, 5.41) is 6.78. The molecule has 0 fully saturated rings. The second kappa shape index (κ2) is 5.55. The summed E-state index contributed by atoms with van der Waals surface area (Å²) in [6.07, 6.45) is 0.0173. The number of nitrogens with one attached hydrogen (secondary N) is 1. The fourth-order valence-electron chi connectivity index (χ4n) is 1.45. The average molecular weight is 263 g/mol. The van der Waals surface area contributed by atoms with Gasteiger partial charge in [0.1, 0.15) is 5.82 Å². The van der Waals surface area contributed by atoms with Crippen LogP contribution >= 0.6 is 0 Å². The number of anilines is 2. The van der Waals surface area contributed by atoms with Crippen LogP contribution in [-0.2, 0) is 6.54 Å². The molecule has 2 heterocycles. The third kappa shape index (κ3) is 3.57. The van der Waals surface area contributed by atoms with Gasteiger partial charge >= 0.3 is 0 Å². The fourth-order valence-corrected chi connectivity index (χ4v) is 1.45. The molecule has 3 N–H and O–H groups in total. The Hall–Kier alpha value is -2.31. The molecule has 0 saturated carbocycles. The molecule has 0 aliphatic heterocycles. The molecule has 7 heteroatoms. The Bertz CT molecular complexity index is 553. The Morgan fingerprint density at radius 3 is 2.79 bits per heavy atom. The SMILES string of the molecule is Cc1noc(CNc2ccc(N)c(OC(C)C)n2)n1. The van der Waals surface area contributed by atoms with E-state index in [1.54, 1.807) is 19.1 Å². The lowest BCUT2D eigenvalue weighted by molar-refractivity contribution is 0.234. The van der Waals surface area contributed by atoms with Gasteiger partial charge in [0.15, 0.2) is 5.82 Å². The van der Waals surface area contributed by atoms with Crippen LogP contribution in [0.3, 0.4) is 0 Å². The molecule has 0 spiro atoms. The molecule has 0 unspecified atom stereocenters. The molecule has 2 aromatic heterocycles. The summed E-state index contributed by atoms with van der Waals surface area (Å²) < 4.78 is 10.5. The minimum Gasteiger partial charge on any atom is -0.473 e. The van der Waals surface area contributed by atoms with Crippen LogP contribution in [0, 0.1) is 6.92 Å². The standard InChI is InChI=1S/C12H17N5O2/c1-7(2)18-12-9(13)4-5-10(16-12)14-6-11-15-8(3)17-19-11/h4-5,7H,6,13H2,1-3H3,(H,14,16). The van der Waals surface area contributed by atoms with E-state index in [0.717, 1.165) is 0 Å². The quantitative estimate of drug-likeness (QED) is 0.847. The van der Waals surface area contributed by atoms with Crippen molar-refractivity contribution in [3.05, 3.63) is 23.8 Å². The molecule has 0 amide bonds. The number of hydrogen-bond acceptors (Lipinski definition) is 7. The smallest absolute Gasteiger partial charge is 0.245 e. The molecule has 0 saturated heterocycles. The van der Waals surface area contributed by atoms with Crippen LogP contribution in [-0.4, -0.2) is 21.2 Å². The molecule has 102 valence electrons. The Balaban J connectivity index is 2.04. The number of nitrogens with zero attached hydrogens (tertiary/aromatic N) is 3. The first-order valence-corrected chi connectivity index (χ1v) is 6.01. The van der Waals surface area contributed by atoms with E-state index >= 15 is 0 Å². The lowest BCUT2D eigenvalue weighted by Crippen LogP contribution is -2.10. The van der Waals surface area contributed by atoms with Gasteiger partial charge in [-0.05, 0) is 32.9 Å². The topological polar surface area (TPSA) is 99.1 Å². The maximum absolute atomic E-state index is 5.79. The second-order valence-electron chi connectivity index (χ2n) is 4.35. The van der Waals surface area contributed by atoms with Crippen molar-refractivity contribution in [3.63, 3.8) is 0 Å². The van der Waals surface area contributed by atoms with Crippen molar-refractivity contribution < 1.29 is 9.26 Å². The molecule has 0 aliphatic carbocycles. The fraction of sp³-hybridized carbons (Fsp3) is 0.417. The highest BCUT2D eigenvalue weighted by atomic mass is 16.5. The minimum atomic E-state index is 0.0173. The van der Waals surface area contributed by atoms with E-state index in [-0.39, 0.29) is 6.10 Å². The highest BCUT2D eigenvalue weighted by Gasteiger charge is 2.07. The van der Waals surface area contributed by atoms with Crippen LogP contribution in [0.2, 0.25) is 0 Å². The third-order valence-electron chi connectivity index (χ3n) is 2.23. The van der Waals surface area contributed by atoms with Gasteiger partial charge in [-0.2, -0.15) is 9.97 Å². The lowest BCUT2D eigenvalue weighted by atomic mass is 10.4. The van der Waals surface area contributed by atoms with Crippen molar-refractivity contribution in [1.29, 1.82) is 0 Å². The van der Waals surface area contributed by atoms with Crippen LogP contribution in [0.1, 0.15) is 25.6 Å². The number of aromatic nitrogens is 3. The number of aryl methyl sites for hydroxylation is 1. The summed E-state index contributed by atoms with van der Waals surface area (Å²) in [6.45, 7) is 6.01. The summed E-state index contributed by atoms with van der Waals surface area (Å²) in [6, 6.07) is 3.51. The Morgan fingerprint density at radius 2 is 2.16 bits per heavy atom. The molecule has 0 aromatic carbocycles. The number of hydrogen-bond donors (Lipinski definition) is 2. The highest BCUT2D eigenvalue weighted by Crippen LogP contribution is 2.22. The van der Waals surface area contributed by atoms with Crippen LogP contribution in [0.25, 0.3) is 0 Å². The van der Waals surface area contributed by atoms with Crippen molar-refractivity contribution in [3.8, 4) is 5.88 Å². The summed E-state index contributed by atoms with van der Waals surface area (Å²) in [7, 11) is 0. The molecule has 2 rings (SSSR count). The van der Waals surface area contributed by atoms with Gasteiger partial charge in [-0.15, -0.1) is 0 Å². The van der Waals surface area contributed by atoms with Gasteiger partial charge in [0.2, 0.25) is 11.8 Å². The van der Waals surface area contributed by atoms with E-state index in [1.165, 1.54) is 0 Å². The van der Waals surface area contributed by atoms with Crippen LogP contribution < -0.4 is 15.8 Å². The summed E-state index contributed by atoms with van der Waals surface area (Å²) in [4.78, 5) is 8.38. The Kier molecular flexibility index (Phi) is 3.84. The van der Waals surface area contributed by atoms with E-state index in [2.05, 4.69) is 20.4 Å². The van der Waals surface area contributed by atoms with E-state index in [9.17, 15) is 0 Å². The van der Waals surface area contributed by atoms with E-state index in [0.29, 0.717) is 35.6 Å². The van der Waals surface area contributed by atoms with Crippen molar-refractivity contribution in [2.45, 2.75) is 33.4 Å². The minimum absolute atomic E-state index is 0.0173. The summed E-state index contributed by atoms with van der Waals surface area (Å²) >= 11 is 0. The van der Waals surface area contributed by atoms with Crippen LogP contribution in [0.15, 0.2) is 16.7 Å². The molecule has 0 aliphatic rings. The molecule has 19 heavy (non-hydrogen) atoms. The van der Waals surface area contributed by atoms with Crippen molar-refractivity contribution in [1.82, 2.24) is 15.1 Å². The Labute approximate surface area is 111 Å². The van der Waals surface area contributed by atoms with Gasteiger partial charge in [0, 0.05) is 0 Å². The normalized spacial score (nSPS) is 10.7. The number of nitrogens with two attached hydrogens (primary N) is 1. The maximum Gasteiger partial charge on any atom is 0.245 e. The highest BCUT2D eigenvalue weighted by molar-refractivity contribution is 5.53. The van der Waals surface area contributed by atoms with Gasteiger partial charge < -0.3 is 20.3 Å². The maximum atomic E-state index is 5.79. The first-order valence-electron chi connectivity index (χ1n) is 6.01. The Morgan fingerprint density at radius 1 is 1.37 bits per heavy atom. The van der Waals surface area contributed by atoms with Crippen molar-refractivity contribution in [2.75, 3.05) is 11.1 Å². The van der Waals surface area contributed by atoms with E-state index < -0.39 is 0 Å². The third-order valence-corrected chi connectivity index (χ3v) is 2.23. The van der Waals surface area contributed by atoms with Gasteiger partial charge in [0.25, 0.3) is 0 Å². The number of ether oxygens (including phenoxy) is 1. The van der Waals surface area contributed by atoms with E-state index in [4.69, 9.17) is 15.0 Å². The van der Waals surface area contributed by atoms with Crippen LogP contribution in [0.5, 0.6) is 5.88 Å². The molecule has 2 aromatic rings. The first kappa shape index (κ1) is 13.1. The monoisotopic (exact) mass is 263 g/mol.